The summed E-state index contributed by atoms with van der Waals surface area (Å²) in [5, 5.41) is 11.7. The van der Waals surface area contributed by atoms with Crippen molar-refractivity contribution in [2.24, 2.45) is 0 Å². The Morgan fingerprint density at radius 2 is 2.17 bits per heavy atom. The van der Waals surface area contributed by atoms with Gasteiger partial charge in [-0.15, -0.1) is 11.3 Å². The van der Waals surface area contributed by atoms with Crippen LogP contribution in [0.1, 0.15) is 45.4 Å². The Hall–Kier alpha value is -2.52. The zero-order valence-corrected chi connectivity index (χ0v) is 14.2. The van der Waals surface area contributed by atoms with Gasteiger partial charge in [-0.25, -0.2) is 4.98 Å². The monoisotopic (exact) mass is 339 g/mol. The quantitative estimate of drug-likeness (QED) is 0.785. The van der Waals surface area contributed by atoms with E-state index in [2.05, 4.69) is 11.1 Å². The average Bonchev–Trinajstić information content (AvgIpc) is 3.18. The van der Waals surface area contributed by atoms with Crippen LogP contribution in [0.25, 0.3) is 0 Å². The van der Waals surface area contributed by atoms with Gasteiger partial charge in [0.25, 0.3) is 0 Å². The molecule has 2 heterocycles. The van der Waals surface area contributed by atoms with E-state index in [4.69, 9.17) is 0 Å². The SMILES string of the molecule is Cc1csc(C(C#N)C(=O)c2ccc(CN3CCCC3=O)cc2)n1. The number of carbonyl (C=O) groups is 2. The van der Waals surface area contributed by atoms with Gasteiger partial charge in [0.2, 0.25) is 5.91 Å². The molecule has 1 aliphatic heterocycles. The molecule has 0 bridgehead atoms. The lowest BCUT2D eigenvalue weighted by atomic mass is 9.98. The molecule has 0 saturated carbocycles. The highest BCUT2D eigenvalue weighted by molar-refractivity contribution is 7.10. The van der Waals surface area contributed by atoms with Crippen LogP contribution in [0.15, 0.2) is 29.6 Å². The van der Waals surface area contributed by atoms with Gasteiger partial charge in [0.05, 0.1) is 6.07 Å². The van der Waals surface area contributed by atoms with Gasteiger partial charge < -0.3 is 4.90 Å². The number of ketones is 1. The molecule has 0 aliphatic carbocycles. The first-order valence-electron chi connectivity index (χ1n) is 7.81. The zero-order chi connectivity index (χ0) is 17.1. The van der Waals surface area contributed by atoms with Crippen molar-refractivity contribution in [2.75, 3.05) is 6.54 Å². The molecule has 0 N–H and O–H groups in total. The average molecular weight is 339 g/mol. The molecule has 1 fully saturated rings. The minimum Gasteiger partial charge on any atom is -0.338 e. The van der Waals surface area contributed by atoms with Gasteiger partial charge in [-0.05, 0) is 18.9 Å². The number of hydrogen-bond donors (Lipinski definition) is 0. The summed E-state index contributed by atoms with van der Waals surface area (Å²) in [6, 6.07) is 9.20. The normalized spacial score (nSPS) is 15.3. The van der Waals surface area contributed by atoms with Crippen molar-refractivity contribution in [3.05, 3.63) is 51.5 Å². The maximum Gasteiger partial charge on any atom is 0.222 e. The van der Waals surface area contributed by atoms with Crippen LogP contribution in [0.5, 0.6) is 0 Å². The molecule has 1 aromatic carbocycles. The Bertz CT molecular complexity index is 804. The number of benzene rings is 1. The van der Waals surface area contributed by atoms with E-state index >= 15 is 0 Å². The highest BCUT2D eigenvalue weighted by Gasteiger charge is 2.25. The molecule has 1 atom stereocenters. The summed E-state index contributed by atoms with van der Waals surface area (Å²) in [7, 11) is 0. The second-order valence-electron chi connectivity index (χ2n) is 5.87. The third-order valence-electron chi connectivity index (χ3n) is 4.06. The van der Waals surface area contributed by atoms with E-state index in [9.17, 15) is 14.9 Å². The Kier molecular flexibility index (Phi) is 4.72. The first-order valence-corrected chi connectivity index (χ1v) is 8.69. The van der Waals surface area contributed by atoms with E-state index in [0.717, 1.165) is 24.2 Å². The Labute approximate surface area is 144 Å². The Balaban J connectivity index is 1.73. The highest BCUT2D eigenvalue weighted by atomic mass is 32.1. The number of rotatable bonds is 5. The van der Waals surface area contributed by atoms with E-state index in [1.807, 2.05) is 29.3 Å². The fourth-order valence-electron chi connectivity index (χ4n) is 2.76. The number of hydrogen-bond acceptors (Lipinski definition) is 5. The van der Waals surface area contributed by atoms with Crippen LogP contribution in [0.2, 0.25) is 0 Å². The minimum absolute atomic E-state index is 0.179. The first kappa shape index (κ1) is 16.3. The van der Waals surface area contributed by atoms with E-state index < -0.39 is 5.92 Å². The molecular weight excluding hydrogens is 322 g/mol. The Morgan fingerprint density at radius 3 is 2.71 bits per heavy atom. The summed E-state index contributed by atoms with van der Waals surface area (Å²) in [5.74, 6) is -0.927. The number of likely N-dealkylation sites (tertiary alicyclic amines) is 1. The molecule has 1 amide bonds. The van der Waals surface area contributed by atoms with Gasteiger partial charge in [0.15, 0.2) is 11.7 Å². The molecule has 1 unspecified atom stereocenters. The van der Waals surface area contributed by atoms with Crippen LogP contribution < -0.4 is 0 Å². The summed E-state index contributed by atoms with van der Waals surface area (Å²) in [5.41, 5.74) is 2.29. The molecule has 5 nitrogen and oxygen atoms in total. The van der Waals surface area contributed by atoms with E-state index in [1.165, 1.54) is 11.3 Å². The lowest BCUT2D eigenvalue weighted by molar-refractivity contribution is -0.128. The second kappa shape index (κ2) is 6.93. The maximum absolute atomic E-state index is 12.6. The molecule has 1 saturated heterocycles. The van der Waals surface area contributed by atoms with Crippen molar-refractivity contribution in [1.29, 1.82) is 5.26 Å². The summed E-state index contributed by atoms with van der Waals surface area (Å²) < 4.78 is 0. The van der Waals surface area contributed by atoms with Crippen molar-refractivity contribution in [3.8, 4) is 6.07 Å². The molecule has 122 valence electrons. The van der Waals surface area contributed by atoms with Crippen molar-refractivity contribution in [2.45, 2.75) is 32.2 Å². The van der Waals surface area contributed by atoms with Crippen LogP contribution >= 0.6 is 11.3 Å². The number of nitriles is 1. The van der Waals surface area contributed by atoms with E-state index in [-0.39, 0.29) is 11.7 Å². The summed E-state index contributed by atoms with van der Waals surface area (Å²) >= 11 is 1.33. The van der Waals surface area contributed by atoms with Crippen molar-refractivity contribution < 1.29 is 9.59 Å². The number of amides is 1. The van der Waals surface area contributed by atoms with Crippen molar-refractivity contribution in [3.63, 3.8) is 0 Å². The number of aryl methyl sites for hydroxylation is 1. The largest absolute Gasteiger partial charge is 0.338 e. The first-order chi connectivity index (χ1) is 11.6. The lowest BCUT2D eigenvalue weighted by Gasteiger charge is -2.15. The number of thiazole rings is 1. The zero-order valence-electron chi connectivity index (χ0n) is 13.4. The second-order valence-corrected chi connectivity index (χ2v) is 6.76. The smallest absolute Gasteiger partial charge is 0.222 e. The number of nitrogens with zero attached hydrogens (tertiary/aromatic N) is 3. The van der Waals surface area contributed by atoms with Crippen molar-refractivity contribution in [1.82, 2.24) is 9.88 Å². The molecule has 1 aromatic heterocycles. The molecule has 6 heteroatoms. The van der Waals surface area contributed by atoms with Gasteiger partial charge in [0.1, 0.15) is 5.01 Å². The molecular formula is C18H17N3O2S. The van der Waals surface area contributed by atoms with E-state index in [1.54, 1.807) is 12.1 Å². The predicted octanol–water partition coefficient (Wildman–Crippen LogP) is 3.06. The number of aromatic nitrogens is 1. The molecule has 0 radical (unpaired) electrons. The van der Waals surface area contributed by atoms with Gasteiger partial charge in [0, 0.05) is 36.1 Å². The summed E-state index contributed by atoms with van der Waals surface area (Å²) in [4.78, 5) is 30.3. The van der Waals surface area contributed by atoms with Crippen LogP contribution in [0.3, 0.4) is 0 Å². The van der Waals surface area contributed by atoms with Crippen LogP contribution in [-0.2, 0) is 11.3 Å². The van der Waals surface area contributed by atoms with Gasteiger partial charge in [-0.1, -0.05) is 24.3 Å². The van der Waals surface area contributed by atoms with Crippen LogP contribution in [0.4, 0.5) is 0 Å². The van der Waals surface area contributed by atoms with Crippen LogP contribution in [0, 0.1) is 18.3 Å². The predicted molar refractivity (Wildman–Crippen MR) is 90.6 cm³/mol. The standard InChI is InChI=1S/C18H17N3O2S/c1-12-11-24-18(20-12)15(9-19)17(23)14-6-4-13(5-7-14)10-21-8-2-3-16(21)22/h4-7,11,15H,2-3,8,10H2,1H3. The number of carbonyl (C=O) groups excluding carboxylic acids is 2. The third kappa shape index (κ3) is 3.36. The fourth-order valence-corrected chi connectivity index (χ4v) is 3.60. The third-order valence-corrected chi connectivity index (χ3v) is 5.09. The van der Waals surface area contributed by atoms with Crippen LogP contribution in [-0.4, -0.2) is 28.1 Å². The minimum atomic E-state index is -0.866. The molecule has 1 aliphatic rings. The molecule has 0 spiro atoms. The summed E-state index contributed by atoms with van der Waals surface area (Å²) in [6.45, 7) is 3.20. The van der Waals surface area contributed by atoms with Crippen molar-refractivity contribution >= 4 is 23.0 Å². The molecule has 24 heavy (non-hydrogen) atoms. The Morgan fingerprint density at radius 1 is 1.42 bits per heavy atom. The summed E-state index contributed by atoms with van der Waals surface area (Å²) in [6.07, 6.45) is 1.53. The van der Waals surface area contributed by atoms with E-state index in [0.29, 0.717) is 23.5 Å². The topological polar surface area (TPSA) is 74.1 Å². The highest BCUT2D eigenvalue weighted by Crippen LogP contribution is 2.24. The maximum atomic E-state index is 12.6. The molecule has 2 aromatic rings. The lowest BCUT2D eigenvalue weighted by Crippen LogP contribution is -2.23. The van der Waals surface area contributed by atoms with Gasteiger partial charge in [-0.2, -0.15) is 5.26 Å². The van der Waals surface area contributed by atoms with Gasteiger partial charge in [-0.3, -0.25) is 9.59 Å². The number of Topliss-reactive ketones (excluding diaryl/α,β-unsaturated/α-hetero) is 1. The van der Waals surface area contributed by atoms with Gasteiger partial charge >= 0.3 is 0 Å². The fraction of sp³-hybridized carbons (Fsp3) is 0.333. The molecule has 3 rings (SSSR count).